The van der Waals surface area contributed by atoms with Gasteiger partial charge in [-0.3, -0.25) is 15.2 Å². The standard InChI is InChI=1S/C18H13BrN4O2/c1-10-13-7-2-3-8-14(13)25-15(10)17(24)21-18-20-16(22-23-18)11-5-4-6-12(19)9-11/h2-9H,1H3,(H2,20,21,22,23,24). The van der Waals surface area contributed by atoms with E-state index < -0.39 is 0 Å². The van der Waals surface area contributed by atoms with E-state index in [-0.39, 0.29) is 17.6 Å². The molecule has 0 radical (unpaired) electrons. The van der Waals surface area contributed by atoms with Crippen molar-refractivity contribution >= 4 is 38.8 Å². The number of fused-ring (bicyclic) bond motifs is 1. The Hall–Kier alpha value is -2.93. The van der Waals surface area contributed by atoms with E-state index in [1.807, 2.05) is 55.5 Å². The Balaban J connectivity index is 1.60. The average Bonchev–Trinajstić information content (AvgIpc) is 3.20. The topological polar surface area (TPSA) is 83.8 Å². The first-order chi connectivity index (χ1) is 12.1. The lowest BCUT2D eigenvalue weighted by atomic mass is 10.1. The summed E-state index contributed by atoms with van der Waals surface area (Å²) < 4.78 is 6.59. The molecule has 7 heteroatoms. The van der Waals surface area contributed by atoms with Gasteiger partial charge < -0.3 is 4.42 Å². The number of carbonyl (C=O) groups excluding carboxylic acids is 1. The molecule has 0 atom stereocenters. The van der Waals surface area contributed by atoms with Gasteiger partial charge in [0.05, 0.1) is 0 Å². The second-order valence-corrected chi connectivity index (χ2v) is 6.44. The number of hydrogen-bond acceptors (Lipinski definition) is 4. The van der Waals surface area contributed by atoms with Crippen molar-refractivity contribution < 1.29 is 9.21 Å². The zero-order valence-corrected chi connectivity index (χ0v) is 14.8. The summed E-state index contributed by atoms with van der Waals surface area (Å²) in [6.07, 6.45) is 0. The highest BCUT2D eigenvalue weighted by atomic mass is 79.9. The van der Waals surface area contributed by atoms with Gasteiger partial charge in [-0.1, -0.05) is 46.3 Å². The van der Waals surface area contributed by atoms with Gasteiger partial charge in [0.25, 0.3) is 5.91 Å². The zero-order valence-electron chi connectivity index (χ0n) is 13.2. The Morgan fingerprint density at radius 1 is 1.20 bits per heavy atom. The number of aromatic amines is 1. The van der Waals surface area contributed by atoms with Crippen LogP contribution in [0.5, 0.6) is 0 Å². The summed E-state index contributed by atoms with van der Waals surface area (Å²) in [5.74, 6) is 0.640. The van der Waals surface area contributed by atoms with Crippen molar-refractivity contribution in [2.75, 3.05) is 5.32 Å². The van der Waals surface area contributed by atoms with Gasteiger partial charge in [0.1, 0.15) is 5.58 Å². The van der Waals surface area contributed by atoms with Gasteiger partial charge in [-0.15, -0.1) is 5.10 Å². The number of halogens is 1. The fourth-order valence-corrected chi connectivity index (χ4v) is 3.03. The smallest absolute Gasteiger partial charge is 0.294 e. The minimum Gasteiger partial charge on any atom is -0.451 e. The van der Waals surface area contributed by atoms with E-state index in [0.29, 0.717) is 11.4 Å². The van der Waals surface area contributed by atoms with Gasteiger partial charge in [-0.05, 0) is 25.1 Å². The number of H-pyrrole nitrogens is 1. The molecule has 0 spiro atoms. The maximum Gasteiger partial charge on any atom is 0.294 e. The van der Waals surface area contributed by atoms with Crippen LogP contribution in [0.25, 0.3) is 22.4 Å². The van der Waals surface area contributed by atoms with E-state index in [4.69, 9.17) is 4.42 Å². The summed E-state index contributed by atoms with van der Waals surface area (Å²) in [7, 11) is 0. The number of nitrogens with zero attached hydrogens (tertiary/aromatic N) is 2. The number of hydrogen-bond donors (Lipinski definition) is 2. The van der Waals surface area contributed by atoms with Crippen molar-refractivity contribution in [2.45, 2.75) is 6.92 Å². The molecule has 0 aliphatic heterocycles. The van der Waals surface area contributed by atoms with Gasteiger partial charge >= 0.3 is 0 Å². The first-order valence-electron chi connectivity index (χ1n) is 7.59. The molecule has 0 saturated heterocycles. The third kappa shape index (κ3) is 2.94. The van der Waals surface area contributed by atoms with Crippen molar-refractivity contribution in [3.8, 4) is 11.4 Å². The van der Waals surface area contributed by atoms with Crippen LogP contribution < -0.4 is 5.32 Å². The Labute approximate surface area is 151 Å². The van der Waals surface area contributed by atoms with Crippen LogP contribution in [0.4, 0.5) is 5.95 Å². The monoisotopic (exact) mass is 396 g/mol. The number of carbonyl (C=O) groups is 1. The van der Waals surface area contributed by atoms with Gasteiger partial charge in [0, 0.05) is 21.0 Å². The fraction of sp³-hybridized carbons (Fsp3) is 0.0556. The van der Waals surface area contributed by atoms with Crippen LogP contribution in [-0.2, 0) is 0 Å². The molecule has 4 aromatic rings. The van der Waals surface area contributed by atoms with Crippen LogP contribution in [0.3, 0.4) is 0 Å². The van der Waals surface area contributed by atoms with Crippen LogP contribution in [0.1, 0.15) is 16.1 Å². The van der Waals surface area contributed by atoms with Crippen LogP contribution >= 0.6 is 15.9 Å². The molecule has 0 fully saturated rings. The van der Waals surface area contributed by atoms with Crippen LogP contribution in [0, 0.1) is 6.92 Å². The summed E-state index contributed by atoms with van der Waals surface area (Å²) in [5, 5.41) is 10.4. The number of benzene rings is 2. The molecule has 0 saturated carbocycles. The number of nitrogens with one attached hydrogen (secondary N) is 2. The maximum atomic E-state index is 12.5. The first kappa shape index (κ1) is 15.6. The fourth-order valence-electron chi connectivity index (χ4n) is 2.63. The van der Waals surface area contributed by atoms with Crippen LogP contribution in [-0.4, -0.2) is 21.1 Å². The van der Waals surface area contributed by atoms with E-state index >= 15 is 0 Å². The molecule has 2 N–H and O–H groups in total. The van der Waals surface area contributed by atoms with E-state index in [1.54, 1.807) is 0 Å². The molecule has 2 aromatic heterocycles. The summed E-state index contributed by atoms with van der Waals surface area (Å²) in [6, 6.07) is 15.2. The molecule has 0 bridgehead atoms. The lowest BCUT2D eigenvalue weighted by molar-refractivity contribution is 0.0997. The SMILES string of the molecule is Cc1c(C(=O)Nc2n[nH]c(-c3cccc(Br)c3)n2)oc2ccccc12. The molecule has 1 amide bonds. The van der Waals surface area contributed by atoms with Gasteiger partial charge in [-0.25, -0.2) is 0 Å². The minimum atomic E-state index is -0.381. The number of para-hydroxylation sites is 1. The minimum absolute atomic E-state index is 0.194. The molecule has 25 heavy (non-hydrogen) atoms. The number of furan rings is 1. The van der Waals surface area contributed by atoms with Crippen LogP contribution in [0.15, 0.2) is 57.4 Å². The Morgan fingerprint density at radius 3 is 2.84 bits per heavy atom. The highest BCUT2D eigenvalue weighted by Gasteiger charge is 2.19. The predicted octanol–water partition coefficient (Wildman–Crippen LogP) is 4.54. The quantitative estimate of drug-likeness (QED) is 0.532. The molecule has 0 aliphatic carbocycles. The number of amides is 1. The molecule has 124 valence electrons. The van der Waals surface area contributed by atoms with E-state index in [0.717, 1.165) is 21.0 Å². The highest BCUT2D eigenvalue weighted by molar-refractivity contribution is 9.10. The van der Waals surface area contributed by atoms with Crippen molar-refractivity contribution in [2.24, 2.45) is 0 Å². The third-order valence-electron chi connectivity index (χ3n) is 3.86. The third-order valence-corrected chi connectivity index (χ3v) is 4.35. The normalized spacial score (nSPS) is 11.0. The molecule has 0 unspecified atom stereocenters. The second-order valence-electron chi connectivity index (χ2n) is 5.52. The van der Waals surface area contributed by atoms with Gasteiger partial charge in [0.2, 0.25) is 5.95 Å². The number of aryl methyl sites for hydroxylation is 1. The van der Waals surface area contributed by atoms with Gasteiger partial charge in [-0.2, -0.15) is 4.98 Å². The first-order valence-corrected chi connectivity index (χ1v) is 8.39. The molecule has 2 aromatic carbocycles. The summed E-state index contributed by atoms with van der Waals surface area (Å²) in [4.78, 5) is 16.8. The Morgan fingerprint density at radius 2 is 2.04 bits per heavy atom. The molecule has 6 nitrogen and oxygen atoms in total. The number of rotatable bonds is 3. The van der Waals surface area contributed by atoms with E-state index in [1.165, 1.54) is 0 Å². The molecular weight excluding hydrogens is 384 g/mol. The van der Waals surface area contributed by atoms with E-state index in [9.17, 15) is 4.79 Å². The maximum absolute atomic E-state index is 12.5. The summed E-state index contributed by atoms with van der Waals surface area (Å²) in [5.41, 5.74) is 2.33. The Kier molecular flexibility index (Phi) is 3.85. The predicted molar refractivity (Wildman–Crippen MR) is 98.4 cm³/mol. The van der Waals surface area contributed by atoms with Crippen molar-refractivity contribution in [3.63, 3.8) is 0 Å². The summed E-state index contributed by atoms with van der Waals surface area (Å²) >= 11 is 3.42. The average molecular weight is 397 g/mol. The molecule has 2 heterocycles. The molecule has 0 aliphatic rings. The second kappa shape index (κ2) is 6.18. The Bertz CT molecular complexity index is 1080. The van der Waals surface area contributed by atoms with Crippen molar-refractivity contribution in [3.05, 3.63) is 64.3 Å². The highest BCUT2D eigenvalue weighted by Crippen LogP contribution is 2.25. The summed E-state index contributed by atoms with van der Waals surface area (Å²) in [6.45, 7) is 1.85. The largest absolute Gasteiger partial charge is 0.451 e. The van der Waals surface area contributed by atoms with Crippen molar-refractivity contribution in [1.82, 2.24) is 15.2 Å². The molecule has 4 rings (SSSR count). The molecular formula is C18H13BrN4O2. The lowest BCUT2D eigenvalue weighted by Gasteiger charge is -1.98. The van der Waals surface area contributed by atoms with Gasteiger partial charge in [0.15, 0.2) is 11.6 Å². The lowest BCUT2D eigenvalue weighted by Crippen LogP contribution is -2.13. The van der Waals surface area contributed by atoms with Crippen molar-refractivity contribution in [1.29, 1.82) is 0 Å². The van der Waals surface area contributed by atoms with E-state index in [2.05, 4.69) is 36.4 Å². The number of aromatic nitrogens is 3. The van der Waals surface area contributed by atoms with Crippen LogP contribution in [0.2, 0.25) is 0 Å². The zero-order chi connectivity index (χ0) is 17.4. The number of anilines is 1.